The van der Waals surface area contributed by atoms with Crippen molar-refractivity contribution in [2.24, 2.45) is 10.7 Å². The summed E-state index contributed by atoms with van der Waals surface area (Å²) in [6.07, 6.45) is 3.36. The van der Waals surface area contributed by atoms with E-state index in [0.717, 1.165) is 23.9 Å². The largest absolute Gasteiger partial charge is 0.455 e. The van der Waals surface area contributed by atoms with Crippen LogP contribution in [0.3, 0.4) is 0 Å². The summed E-state index contributed by atoms with van der Waals surface area (Å²) in [5.74, 6) is 0.456. The van der Waals surface area contributed by atoms with Gasteiger partial charge in [-0.25, -0.2) is 9.38 Å². The predicted octanol–water partition coefficient (Wildman–Crippen LogP) is 9.06. The maximum absolute atomic E-state index is 15.0. The summed E-state index contributed by atoms with van der Waals surface area (Å²) >= 11 is 9.03. The number of aliphatic imine (C=N–C) groups is 1. The third kappa shape index (κ3) is 14.8. The van der Waals surface area contributed by atoms with Crippen molar-refractivity contribution in [3.8, 4) is 11.5 Å². The lowest BCUT2D eigenvalue weighted by Gasteiger charge is -2.23. The Balaban J connectivity index is 0. The van der Waals surface area contributed by atoms with Gasteiger partial charge in [0.2, 0.25) is 5.91 Å². The van der Waals surface area contributed by atoms with Crippen LogP contribution < -0.4 is 15.8 Å². The molecule has 0 spiro atoms. The molecule has 2 aromatic rings. The van der Waals surface area contributed by atoms with Crippen molar-refractivity contribution in [3.63, 3.8) is 0 Å². The summed E-state index contributed by atoms with van der Waals surface area (Å²) in [5.41, 5.74) is 6.73. The summed E-state index contributed by atoms with van der Waals surface area (Å²) in [4.78, 5) is 15.1. The van der Waals surface area contributed by atoms with Crippen LogP contribution >= 0.6 is 35.3 Å². The first-order chi connectivity index (χ1) is 19.3. The summed E-state index contributed by atoms with van der Waals surface area (Å²) in [6.45, 7) is 22.1. The van der Waals surface area contributed by atoms with Gasteiger partial charge in [0.1, 0.15) is 23.1 Å². The molecule has 2 aromatic carbocycles. The molecule has 224 valence electrons. The number of rotatable bonds is 14. The second-order valence-corrected chi connectivity index (χ2v) is 9.26. The molecule has 1 amide bonds. The molecular formula is C30H46ClFN4O2S2. The van der Waals surface area contributed by atoms with Crippen molar-refractivity contribution in [2.75, 3.05) is 19.3 Å². The summed E-state index contributed by atoms with van der Waals surface area (Å²) in [7, 11) is 0. The number of allylic oxidation sites excluding steroid dienone is 1. The van der Waals surface area contributed by atoms with Crippen molar-refractivity contribution < 1.29 is 13.9 Å². The third-order valence-corrected chi connectivity index (χ3v) is 6.34. The number of nitrogens with one attached hydrogen (secondary N) is 1. The molecule has 0 aliphatic heterocycles. The van der Waals surface area contributed by atoms with Gasteiger partial charge in [-0.05, 0) is 68.9 Å². The number of halogens is 2. The number of thioether (sulfide) groups is 1. The smallest absolute Gasteiger partial charge is 0.231 e. The van der Waals surface area contributed by atoms with E-state index in [1.54, 1.807) is 22.7 Å². The Morgan fingerprint density at radius 3 is 2.35 bits per heavy atom. The molecule has 0 aromatic heterocycles. The first-order valence-corrected chi connectivity index (χ1v) is 15.8. The molecule has 0 bridgehead atoms. The second-order valence-electron chi connectivity index (χ2n) is 7.16. The lowest BCUT2D eigenvalue weighted by atomic mass is 10.1. The number of carbonyl (C=O) groups is 1. The number of benzene rings is 2. The molecule has 0 aliphatic carbocycles. The number of amides is 1. The maximum atomic E-state index is 15.0. The number of hydrogen-bond donors (Lipinski definition) is 2. The Bertz CT molecular complexity index is 1070. The van der Waals surface area contributed by atoms with Crippen LogP contribution in [0.5, 0.6) is 11.5 Å². The van der Waals surface area contributed by atoms with Gasteiger partial charge in [-0.1, -0.05) is 77.9 Å². The van der Waals surface area contributed by atoms with Crippen LogP contribution in [-0.2, 0) is 11.2 Å². The number of nitrogens with two attached hydrogens (primary N) is 1. The van der Waals surface area contributed by atoms with Gasteiger partial charge < -0.3 is 15.8 Å². The molecule has 0 radical (unpaired) electrons. The summed E-state index contributed by atoms with van der Waals surface area (Å²) in [5, 5.41) is 5.04. The van der Waals surface area contributed by atoms with Crippen LogP contribution in [0, 0.1) is 5.82 Å². The zero-order chi connectivity index (χ0) is 31.1. The Kier molecular flexibility index (Phi) is 24.2. The molecule has 0 atom stereocenters. The van der Waals surface area contributed by atoms with Crippen LogP contribution in [0.25, 0.3) is 0 Å². The number of para-hydroxylation sites is 1. The molecule has 0 heterocycles. The fourth-order valence-corrected chi connectivity index (χ4v) is 4.47. The average Bonchev–Trinajstić information content (AvgIpc) is 2.96. The van der Waals surface area contributed by atoms with Gasteiger partial charge in [0.05, 0.1) is 16.5 Å². The first-order valence-electron chi connectivity index (χ1n) is 13.3. The predicted molar refractivity (Wildman–Crippen MR) is 176 cm³/mol. The van der Waals surface area contributed by atoms with E-state index in [9.17, 15) is 4.79 Å². The molecule has 0 unspecified atom stereocenters. The van der Waals surface area contributed by atoms with E-state index in [0.29, 0.717) is 35.1 Å². The molecule has 10 heteroatoms. The number of primary amides is 1. The molecule has 6 nitrogen and oxygen atoms in total. The first kappa shape index (κ1) is 39.7. The van der Waals surface area contributed by atoms with Crippen LogP contribution in [-0.4, -0.2) is 36.3 Å². The van der Waals surface area contributed by atoms with E-state index in [1.165, 1.54) is 23.9 Å². The zero-order valence-electron chi connectivity index (χ0n) is 25.1. The van der Waals surface area contributed by atoms with Crippen LogP contribution in [0.15, 0.2) is 69.8 Å². The minimum Gasteiger partial charge on any atom is -0.455 e. The van der Waals surface area contributed by atoms with Gasteiger partial charge >= 0.3 is 0 Å². The Morgan fingerprint density at radius 1 is 1.18 bits per heavy atom. The fourth-order valence-electron chi connectivity index (χ4n) is 2.88. The monoisotopic (exact) mass is 612 g/mol. The van der Waals surface area contributed by atoms with E-state index < -0.39 is 11.7 Å². The van der Waals surface area contributed by atoms with Gasteiger partial charge in [-0.3, -0.25) is 9.10 Å². The van der Waals surface area contributed by atoms with E-state index >= 15 is 4.39 Å². The number of ether oxygens (including phenoxy) is 1. The van der Waals surface area contributed by atoms with Gasteiger partial charge in [0.25, 0.3) is 0 Å². The molecule has 40 heavy (non-hydrogen) atoms. The molecule has 0 aliphatic rings. The fraction of sp³-hybridized carbons (Fsp3) is 0.400. The molecular weight excluding hydrogens is 567 g/mol. The van der Waals surface area contributed by atoms with E-state index in [4.69, 9.17) is 22.1 Å². The lowest BCUT2D eigenvalue weighted by Crippen LogP contribution is -2.29. The standard InChI is InChI=1S/C24H28ClFN4O2S2.3C2H6/c1-16(2)30(24(28-3)15-33-4)34-22-12-18(25)21(13-19(22)26)32-20-10-6-5-8-17(20)9-7-11-29-14-23(27)31;3*1-2/h5-6,8,10,12-13,15,29H,1,3,7,9,11,14H2,2,4H3,(H2,27,31);3*1-2H3/b24-15+;;;. The lowest BCUT2D eigenvalue weighted by molar-refractivity contribution is -0.117. The summed E-state index contributed by atoms with van der Waals surface area (Å²) < 4.78 is 22.7. The van der Waals surface area contributed by atoms with Crippen molar-refractivity contribution >= 4 is 47.9 Å². The average molecular weight is 613 g/mol. The van der Waals surface area contributed by atoms with Crippen molar-refractivity contribution in [3.05, 3.63) is 76.3 Å². The van der Waals surface area contributed by atoms with Crippen LogP contribution in [0.1, 0.15) is 60.5 Å². The van der Waals surface area contributed by atoms with Gasteiger partial charge in [0.15, 0.2) is 0 Å². The molecule has 3 N–H and O–H groups in total. The summed E-state index contributed by atoms with van der Waals surface area (Å²) in [6, 6.07) is 10.3. The van der Waals surface area contributed by atoms with E-state index in [2.05, 4.69) is 23.6 Å². The van der Waals surface area contributed by atoms with E-state index in [-0.39, 0.29) is 17.3 Å². The highest BCUT2D eigenvalue weighted by Gasteiger charge is 2.18. The quantitative estimate of drug-likeness (QED) is 0.126. The highest BCUT2D eigenvalue weighted by Crippen LogP contribution is 2.39. The van der Waals surface area contributed by atoms with Gasteiger partial charge in [0, 0.05) is 17.2 Å². The van der Waals surface area contributed by atoms with Gasteiger partial charge in [-0.2, -0.15) is 0 Å². The van der Waals surface area contributed by atoms with Gasteiger partial charge in [-0.15, -0.1) is 11.8 Å². The number of nitrogens with zero attached hydrogens (tertiary/aromatic N) is 2. The zero-order valence-corrected chi connectivity index (χ0v) is 27.5. The Hall–Kier alpha value is -2.46. The second kappa shape index (κ2) is 24.3. The maximum Gasteiger partial charge on any atom is 0.231 e. The molecule has 2 rings (SSSR count). The highest BCUT2D eigenvalue weighted by molar-refractivity contribution is 8.01. The van der Waals surface area contributed by atoms with Crippen LogP contribution in [0.4, 0.5) is 4.39 Å². The number of carbonyl (C=O) groups excluding carboxylic acids is 1. The normalized spacial score (nSPS) is 10.0. The van der Waals surface area contributed by atoms with Crippen molar-refractivity contribution in [1.82, 2.24) is 9.62 Å². The topological polar surface area (TPSA) is 79.9 Å². The Morgan fingerprint density at radius 2 is 1.80 bits per heavy atom. The van der Waals surface area contributed by atoms with Crippen molar-refractivity contribution in [2.45, 2.75) is 66.2 Å². The SMILES string of the molecule is C=N/C(=C\SC)N(Sc1cc(Cl)c(Oc2ccccc2CCCNCC(N)=O)cc1F)C(=C)C.CC.CC.CC. The Labute approximate surface area is 254 Å². The number of hydrogen-bond acceptors (Lipinski definition) is 7. The molecule has 0 saturated carbocycles. The third-order valence-electron chi connectivity index (χ3n) is 4.41. The minimum absolute atomic E-state index is 0.137. The van der Waals surface area contributed by atoms with E-state index in [1.807, 2.05) is 66.0 Å². The molecule has 0 fully saturated rings. The highest BCUT2D eigenvalue weighted by atomic mass is 35.5. The number of aryl methyl sites for hydroxylation is 1. The minimum atomic E-state index is -0.489. The van der Waals surface area contributed by atoms with Crippen molar-refractivity contribution in [1.29, 1.82) is 0 Å². The molecule has 0 saturated heterocycles. The van der Waals surface area contributed by atoms with Crippen LogP contribution in [0.2, 0.25) is 5.02 Å².